The standard InChI is InChI=1S/C11H11BrN2O2/c1-2-3-14(8-11(15)16)7-9-4-10(12)6-13-5-9/h1,4-6H,3,7-8H2,(H,15,16). The van der Waals surface area contributed by atoms with Gasteiger partial charge >= 0.3 is 5.97 Å². The van der Waals surface area contributed by atoms with Crippen LogP contribution in [0.2, 0.25) is 0 Å². The molecule has 1 rings (SSSR count). The van der Waals surface area contributed by atoms with Crippen molar-refractivity contribution in [2.45, 2.75) is 6.54 Å². The summed E-state index contributed by atoms with van der Waals surface area (Å²) in [4.78, 5) is 16.3. The number of hydrogen-bond acceptors (Lipinski definition) is 3. The Hall–Kier alpha value is -1.38. The maximum absolute atomic E-state index is 10.6. The van der Waals surface area contributed by atoms with Crippen molar-refractivity contribution in [2.75, 3.05) is 13.1 Å². The average molecular weight is 283 g/mol. The van der Waals surface area contributed by atoms with Gasteiger partial charge in [0.25, 0.3) is 0 Å². The molecule has 1 aromatic rings. The molecule has 1 N–H and O–H groups in total. The highest BCUT2D eigenvalue weighted by Gasteiger charge is 2.09. The van der Waals surface area contributed by atoms with Crippen LogP contribution >= 0.6 is 15.9 Å². The summed E-state index contributed by atoms with van der Waals surface area (Å²) in [5, 5.41) is 8.71. The minimum atomic E-state index is -0.891. The van der Waals surface area contributed by atoms with Crippen molar-refractivity contribution in [3.63, 3.8) is 0 Å². The number of aromatic nitrogens is 1. The maximum Gasteiger partial charge on any atom is 0.317 e. The van der Waals surface area contributed by atoms with Gasteiger partial charge in [-0.05, 0) is 27.6 Å². The Morgan fingerprint density at radius 2 is 2.38 bits per heavy atom. The Morgan fingerprint density at radius 1 is 1.62 bits per heavy atom. The summed E-state index contributed by atoms with van der Waals surface area (Å²) >= 11 is 3.30. The lowest BCUT2D eigenvalue weighted by Gasteiger charge is -2.17. The van der Waals surface area contributed by atoms with Gasteiger partial charge in [-0.1, -0.05) is 5.92 Å². The van der Waals surface area contributed by atoms with E-state index in [4.69, 9.17) is 11.5 Å². The van der Waals surface area contributed by atoms with Crippen LogP contribution in [-0.4, -0.2) is 34.0 Å². The Labute approximate surface area is 102 Å². The highest BCUT2D eigenvalue weighted by Crippen LogP contribution is 2.11. The number of aliphatic carboxylic acids is 1. The van der Waals surface area contributed by atoms with Crippen LogP contribution in [0, 0.1) is 12.3 Å². The van der Waals surface area contributed by atoms with Gasteiger partial charge in [0.1, 0.15) is 0 Å². The second kappa shape index (κ2) is 6.26. The van der Waals surface area contributed by atoms with Crippen LogP contribution in [0.3, 0.4) is 0 Å². The first kappa shape index (κ1) is 12.7. The molecule has 0 aliphatic carbocycles. The van der Waals surface area contributed by atoms with Crippen molar-refractivity contribution in [1.29, 1.82) is 0 Å². The first-order chi connectivity index (χ1) is 7.61. The van der Waals surface area contributed by atoms with Gasteiger partial charge in [-0.2, -0.15) is 0 Å². The zero-order valence-electron chi connectivity index (χ0n) is 8.56. The third-order valence-electron chi connectivity index (χ3n) is 1.84. The van der Waals surface area contributed by atoms with Gasteiger partial charge in [-0.25, -0.2) is 0 Å². The topological polar surface area (TPSA) is 53.4 Å². The SMILES string of the molecule is C#CCN(CC(=O)O)Cc1cncc(Br)c1. The number of terminal acetylenes is 1. The van der Waals surface area contributed by atoms with Crippen molar-refractivity contribution in [1.82, 2.24) is 9.88 Å². The highest BCUT2D eigenvalue weighted by molar-refractivity contribution is 9.10. The van der Waals surface area contributed by atoms with Crippen LogP contribution in [0.5, 0.6) is 0 Å². The molecule has 0 radical (unpaired) electrons. The lowest BCUT2D eigenvalue weighted by Crippen LogP contribution is -2.29. The first-order valence-corrected chi connectivity index (χ1v) is 5.38. The molecule has 0 spiro atoms. The van der Waals surface area contributed by atoms with E-state index in [9.17, 15) is 4.79 Å². The third-order valence-corrected chi connectivity index (χ3v) is 2.28. The number of nitrogens with zero attached hydrogens (tertiary/aromatic N) is 2. The maximum atomic E-state index is 10.6. The molecule has 0 aliphatic heterocycles. The molecular weight excluding hydrogens is 272 g/mol. The summed E-state index contributed by atoms with van der Waals surface area (Å²) in [6.07, 6.45) is 8.54. The van der Waals surface area contributed by atoms with Gasteiger partial charge in [-0.15, -0.1) is 6.42 Å². The Balaban J connectivity index is 2.68. The number of pyridine rings is 1. The van der Waals surface area contributed by atoms with Gasteiger partial charge in [0.2, 0.25) is 0 Å². The van der Waals surface area contributed by atoms with Gasteiger partial charge in [-0.3, -0.25) is 14.7 Å². The monoisotopic (exact) mass is 282 g/mol. The number of halogens is 1. The molecule has 0 aliphatic rings. The van der Waals surface area contributed by atoms with Crippen molar-refractivity contribution in [3.05, 3.63) is 28.5 Å². The van der Waals surface area contributed by atoms with E-state index in [1.807, 2.05) is 6.07 Å². The highest BCUT2D eigenvalue weighted by atomic mass is 79.9. The molecule has 0 saturated heterocycles. The van der Waals surface area contributed by atoms with Crippen LogP contribution in [0.15, 0.2) is 22.9 Å². The summed E-state index contributed by atoms with van der Waals surface area (Å²) in [6.45, 7) is 0.707. The van der Waals surface area contributed by atoms with Crippen LogP contribution in [0.4, 0.5) is 0 Å². The molecule has 1 aromatic heterocycles. The number of carboxylic acids is 1. The van der Waals surface area contributed by atoms with Crippen LogP contribution in [-0.2, 0) is 11.3 Å². The minimum Gasteiger partial charge on any atom is -0.480 e. The normalized spacial score (nSPS) is 10.1. The van der Waals surface area contributed by atoms with E-state index in [0.29, 0.717) is 13.1 Å². The third kappa shape index (κ3) is 4.43. The molecule has 0 unspecified atom stereocenters. The van der Waals surface area contributed by atoms with Crippen molar-refractivity contribution in [2.24, 2.45) is 0 Å². The van der Waals surface area contributed by atoms with Gasteiger partial charge in [0, 0.05) is 23.4 Å². The fourth-order valence-electron chi connectivity index (χ4n) is 1.29. The fourth-order valence-corrected chi connectivity index (χ4v) is 1.70. The lowest BCUT2D eigenvalue weighted by molar-refractivity contribution is -0.138. The van der Waals surface area contributed by atoms with E-state index in [1.165, 1.54) is 0 Å². The quantitative estimate of drug-likeness (QED) is 0.829. The Kier molecular flexibility index (Phi) is 4.96. The van der Waals surface area contributed by atoms with E-state index in [2.05, 4.69) is 26.8 Å². The Bertz CT molecular complexity index is 415. The van der Waals surface area contributed by atoms with Gasteiger partial charge < -0.3 is 5.11 Å². The van der Waals surface area contributed by atoms with Crippen molar-refractivity contribution >= 4 is 21.9 Å². The number of rotatable bonds is 5. The largest absolute Gasteiger partial charge is 0.480 e. The summed E-state index contributed by atoms with van der Waals surface area (Å²) in [5.74, 6) is 1.55. The molecule has 0 bridgehead atoms. The molecular formula is C11H11BrN2O2. The molecule has 0 saturated carbocycles. The lowest BCUT2D eigenvalue weighted by atomic mass is 10.2. The molecule has 0 amide bonds. The average Bonchev–Trinajstić information content (AvgIpc) is 2.16. The zero-order chi connectivity index (χ0) is 12.0. The summed E-state index contributed by atoms with van der Waals surface area (Å²) in [5.41, 5.74) is 0.922. The molecule has 0 fully saturated rings. The number of carboxylic acid groups (broad SMARTS) is 1. The second-order valence-corrected chi connectivity index (χ2v) is 4.17. The Morgan fingerprint density at radius 3 is 2.94 bits per heavy atom. The van der Waals surface area contributed by atoms with E-state index < -0.39 is 5.97 Å². The van der Waals surface area contributed by atoms with E-state index >= 15 is 0 Å². The number of hydrogen-bond donors (Lipinski definition) is 1. The molecule has 0 aromatic carbocycles. The second-order valence-electron chi connectivity index (χ2n) is 3.25. The van der Waals surface area contributed by atoms with Crippen molar-refractivity contribution in [3.8, 4) is 12.3 Å². The summed E-state index contributed by atoms with van der Waals surface area (Å²) in [6, 6.07) is 1.89. The van der Waals surface area contributed by atoms with Crippen LogP contribution < -0.4 is 0 Å². The van der Waals surface area contributed by atoms with Crippen LogP contribution in [0.25, 0.3) is 0 Å². The predicted octanol–water partition coefficient (Wildman–Crippen LogP) is 1.36. The molecule has 4 nitrogen and oxygen atoms in total. The smallest absolute Gasteiger partial charge is 0.317 e. The molecule has 1 heterocycles. The van der Waals surface area contributed by atoms with E-state index in [0.717, 1.165) is 10.0 Å². The minimum absolute atomic E-state index is 0.0727. The summed E-state index contributed by atoms with van der Waals surface area (Å²) in [7, 11) is 0. The van der Waals surface area contributed by atoms with Gasteiger partial charge in [0.05, 0.1) is 13.1 Å². The molecule has 16 heavy (non-hydrogen) atoms. The predicted molar refractivity (Wildman–Crippen MR) is 63.7 cm³/mol. The zero-order valence-corrected chi connectivity index (χ0v) is 10.1. The fraction of sp³-hybridized carbons (Fsp3) is 0.273. The molecule has 5 heteroatoms. The first-order valence-electron chi connectivity index (χ1n) is 4.59. The summed E-state index contributed by atoms with van der Waals surface area (Å²) < 4.78 is 0.862. The van der Waals surface area contributed by atoms with Crippen molar-refractivity contribution < 1.29 is 9.90 Å². The van der Waals surface area contributed by atoms with E-state index in [-0.39, 0.29) is 6.54 Å². The van der Waals surface area contributed by atoms with Gasteiger partial charge in [0.15, 0.2) is 0 Å². The van der Waals surface area contributed by atoms with Crippen LogP contribution in [0.1, 0.15) is 5.56 Å². The molecule has 0 atom stereocenters. The van der Waals surface area contributed by atoms with E-state index in [1.54, 1.807) is 17.3 Å². The number of carbonyl (C=O) groups is 1. The molecule has 84 valence electrons.